The van der Waals surface area contributed by atoms with E-state index in [1.807, 2.05) is 0 Å². The minimum Gasteiger partial charge on any atom is -0.454 e. The van der Waals surface area contributed by atoms with E-state index in [-0.39, 0.29) is 12.4 Å². The fraction of sp³-hybridized carbons (Fsp3) is 0.143. The zero-order valence-corrected chi connectivity index (χ0v) is 9.77. The average Bonchev–Trinajstić information content (AvgIpc) is 2.88. The number of aliphatic hydroxyl groups is 1. The summed E-state index contributed by atoms with van der Waals surface area (Å²) in [4.78, 5) is 0. The molecule has 1 aliphatic heterocycles. The summed E-state index contributed by atoms with van der Waals surface area (Å²) in [7, 11) is 0. The smallest absolute Gasteiger partial charge is 0.231 e. The summed E-state index contributed by atoms with van der Waals surface area (Å²) in [5.74, 6) is -0.992. The second-order valence-corrected chi connectivity index (χ2v) is 4.16. The monoisotopic (exact) mass is 264 g/mol. The molecule has 1 aliphatic rings. The van der Waals surface area contributed by atoms with Crippen molar-refractivity contribution in [1.82, 2.24) is 0 Å². The van der Waals surface area contributed by atoms with E-state index < -0.39 is 17.7 Å². The predicted octanol–water partition coefficient (Wildman–Crippen LogP) is 2.78. The molecule has 19 heavy (non-hydrogen) atoms. The van der Waals surface area contributed by atoms with E-state index in [2.05, 4.69) is 0 Å². The Kier molecular flexibility index (Phi) is 2.83. The molecule has 98 valence electrons. The Morgan fingerprint density at radius 1 is 1.05 bits per heavy atom. The van der Waals surface area contributed by atoms with Crippen LogP contribution in [0.25, 0.3) is 0 Å². The highest BCUT2D eigenvalue weighted by atomic mass is 19.2. The van der Waals surface area contributed by atoms with Gasteiger partial charge in [0.1, 0.15) is 6.10 Å². The molecule has 2 aromatic carbocycles. The van der Waals surface area contributed by atoms with E-state index in [4.69, 9.17) is 9.47 Å². The van der Waals surface area contributed by atoms with Gasteiger partial charge in [-0.05, 0) is 23.8 Å². The summed E-state index contributed by atoms with van der Waals surface area (Å²) in [6, 6.07) is 8.46. The topological polar surface area (TPSA) is 38.7 Å². The van der Waals surface area contributed by atoms with Gasteiger partial charge in [0, 0.05) is 5.56 Å². The summed E-state index contributed by atoms with van der Waals surface area (Å²) in [6.07, 6.45) is -1.26. The van der Waals surface area contributed by atoms with E-state index >= 15 is 0 Å². The molecule has 0 radical (unpaired) electrons. The zero-order chi connectivity index (χ0) is 13.4. The van der Waals surface area contributed by atoms with Gasteiger partial charge in [-0.1, -0.05) is 18.2 Å². The minimum absolute atomic E-state index is 0.112. The predicted molar refractivity (Wildman–Crippen MR) is 63.0 cm³/mol. The van der Waals surface area contributed by atoms with Crippen molar-refractivity contribution in [2.45, 2.75) is 6.10 Å². The van der Waals surface area contributed by atoms with Crippen LogP contribution >= 0.6 is 0 Å². The van der Waals surface area contributed by atoms with Crippen molar-refractivity contribution in [3.63, 3.8) is 0 Å². The number of halogens is 2. The molecule has 0 amide bonds. The van der Waals surface area contributed by atoms with Crippen molar-refractivity contribution in [2.75, 3.05) is 6.79 Å². The molecule has 1 N–H and O–H groups in total. The highest BCUT2D eigenvalue weighted by Gasteiger charge is 2.21. The summed E-state index contributed by atoms with van der Waals surface area (Å²) in [5.41, 5.74) is 0.299. The van der Waals surface area contributed by atoms with Crippen LogP contribution in [0.3, 0.4) is 0 Å². The minimum atomic E-state index is -1.26. The molecule has 3 nitrogen and oxygen atoms in total. The van der Waals surface area contributed by atoms with E-state index in [1.54, 1.807) is 18.2 Å². The Morgan fingerprint density at radius 2 is 1.84 bits per heavy atom. The molecule has 1 heterocycles. The van der Waals surface area contributed by atoms with Gasteiger partial charge in [0.2, 0.25) is 6.79 Å². The molecule has 0 saturated carbocycles. The van der Waals surface area contributed by atoms with Gasteiger partial charge in [-0.3, -0.25) is 0 Å². The Labute approximate surface area is 108 Å². The van der Waals surface area contributed by atoms with Gasteiger partial charge >= 0.3 is 0 Å². The first-order chi connectivity index (χ1) is 9.16. The number of hydrogen-bond acceptors (Lipinski definition) is 3. The number of benzene rings is 2. The summed E-state index contributed by atoms with van der Waals surface area (Å²) in [6.45, 7) is 0.114. The maximum Gasteiger partial charge on any atom is 0.231 e. The third kappa shape index (κ3) is 2.02. The largest absolute Gasteiger partial charge is 0.454 e. The second-order valence-electron chi connectivity index (χ2n) is 4.16. The van der Waals surface area contributed by atoms with Crippen LogP contribution in [-0.2, 0) is 0 Å². The number of aliphatic hydroxyl groups excluding tert-OH is 1. The molecule has 0 aromatic heterocycles. The van der Waals surface area contributed by atoms with Crippen LogP contribution in [0.4, 0.5) is 8.78 Å². The lowest BCUT2D eigenvalue weighted by Gasteiger charge is -2.13. The van der Waals surface area contributed by atoms with Crippen LogP contribution in [0, 0.1) is 11.6 Å². The van der Waals surface area contributed by atoms with Gasteiger partial charge < -0.3 is 14.6 Å². The average molecular weight is 264 g/mol. The lowest BCUT2D eigenvalue weighted by Crippen LogP contribution is -2.04. The quantitative estimate of drug-likeness (QED) is 0.906. The van der Waals surface area contributed by atoms with E-state index in [1.165, 1.54) is 12.1 Å². The lowest BCUT2D eigenvalue weighted by molar-refractivity contribution is 0.173. The van der Waals surface area contributed by atoms with Crippen LogP contribution in [0.5, 0.6) is 11.5 Å². The first-order valence-electron chi connectivity index (χ1n) is 5.68. The molecule has 5 heteroatoms. The Morgan fingerprint density at radius 3 is 2.68 bits per heavy atom. The zero-order valence-electron chi connectivity index (χ0n) is 9.77. The van der Waals surface area contributed by atoms with Crippen LogP contribution < -0.4 is 9.47 Å². The maximum absolute atomic E-state index is 13.6. The number of fused-ring (bicyclic) bond motifs is 1. The van der Waals surface area contributed by atoms with Gasteiger partial charge in [0.25, 0.3) is 0 Å². The standard InChI is InChI=1S/C14H10F2O3/c15-10-3-1-2-9(13(10)16)14(17)8-4-5-11-12(6-8)19-7-18-11/h1-6,14,17H,7H2. The Hall–Kier alpha value is -2.14. The molecule has 1 unspecified atom stereocenters. The molecule has 0 spiro atoms. The summed E-state index contributed by atoms with van der Waals surface area (Å²) in [5, 5.41) is 10.1. The summed E-state index contributed by atoms with van der Waals surface area (Å²) >= 11 is 0. The molecular weight excluding hydrogens is 254 g/mol. The Bertz CT molecular complexity index is 628. The van der Waals surface area contributed by atoms with E-state index in [9.17, 15) is 13.9 Å². The molecule has 0 bridgehead atoms. The van der Waals surface area contributed by atoms with Crippen LogP contribution in [0.1, 0.15) is 17.2 Å². The molecule has 2 aromatic rings. The fourth-order valence-corrected chi connectivity index (χ4v) is 1.99. The highest BCUT2D eigenvalue weighted by molar-refractivity contribution is 5.46. The Balaban J connectivity index is 2.00. The van der Waals surface area contributed by atoms with E-state index in [0.717, 1.165) is 6.07 Å². The fourth-order valence-electron chi connectivity index (χ4n) is 1.99. The number of ether oxygens (including phenoxy) is 2. The summed E-state index contributed by atoms with van der Waals surface area (Å²) < 4.78 is 37.1. The first-order valence-corrected chi connectivity index (χ1v) is 5.68. The van der Waals surface area contributed by atoms with Crippen molar-refractivity contribution in [2.24, 2.45) is 0 Å². The molecular formula is C14H10F2O3. The van der Waals surface area contributed by atoms with Crippen molar-refractivity contribution in [1.29, 1.82) is 0 Å². The normalized spacial score (nSPS) is 14.5. The van der Waals surface area contributed by atoms with Crippen molar-refractivity contribution in [3.05, 3.63) is 59.2 Å². The SMILES string of the molecule is OC(c1ccc2c(c1)OCO2)c1cccc(F)c1F. The molecule has 0 saturated heterocycles. The van der Waals surface area contributed by atoms with Gasteiger partial charge in [0.05, 0.1) is 0 Å². The van der Waals surface area contributed by atoms with Crippen molar-refractivity contribution < 1.29 is 23.4 Å². The van der Waals surface area contributed by atoms with Crippen molar-refractivity contribution >= 4 is 0 Å². The second kappa shape index (κ2) is 4.51. The molecule has 3 rings (SSSR count). The van der Waals surface area contributed by atoms with Crippen LogP contribution in [0.15, 0.2) is 36.4 Å². The van der Waals surface area contributed by atoms with Gasteiger partial charge in [-0.15, -0.1) is 0 Å². The highest BCUT2D eigenvalue weighted by Crippen LogP contribution is 2.36. The first kappa shape index (κ1) is 11.9. The van der Waals surface area contributed by atoms with E-state index in [0.29, 0.717) is 17.1 Å². The van der Waals surface area contributed by atoms with Gasteiger partial charge in [-0.25, -0.2) is 8.78 Å². The van der Waals surface area contributed by atoms with Crippen LogP contribution in [0.2, 0.25) is 0 Å². The van der Waals surface area contributed by atoms with Gasteiger partial charge in [0.15, 0.2) is 23.1 Å². The molecule has 0 aliphatic carbocycles. The lowest BCUT2D eigenvalue weighted by atomic mass is 10.0. The maximum atomic E-state index is 13.6. The third-order valence-corrected chi connectivity index (χ3v) is 2.99. The van der Waals surface area contributed by atoms with Crippen molar-refractivity contribution in [3.8, 4) is 11.5 Å². The van der Waals surface area contributed by atoms with Crippen LogP contribution in [-0.4, -0.2) is 11.9 Å². The number of rotatable bonds is 2. The van der Waals surface area contributed by atoms with Gasteiger partial charge in [-0.2, -0.15) is 0 Å². The molecule has 0 fully saturated rings. The third-order valence-electron chi connectivity index (χ3n) is 2.99. The number of hydrogen-bond donors (Lipinski definition) is 1. The molecule has 1 atom stereocenters.